The summed E-state index contributed by atoms with van der Waals surface area (Å²) in [6.07, 6.45) is 3.35. The van der Waals surface area contributed by atoms with E-state index in [4.69, 9.17) is 0 Å². The van der Waals surface area contributed by atoms with E-state index >= 15 is 0 Å². The molecule has 0 spiro atoms. The summed E-state index contributed by atoms with van der Waals surface area (Å²) < 4.78 is 0. The first-order chi connectivity index (χ1) is 6.70. The summed E-state index contributed by atoms with van der Waals surface area (Å²) in [5, 5.41) is 10.6. The number of thioether (sulfide) groups is 1. The molecule has 1 aliphatic heterocycles. The topological polar surface area (TPSA) is 23.5 Å². The number of aliphatic hydroxyl groups is 1. The van der Waals surface area contributed by atoms with Crippen molar-refractivity contribution in [3.05, 3.63) is 0 Å². The van der Waals surface area contributed by atoms with E-state index in [1.165, 1.54) is 18.6 Å². The van der Waals surface area contributed by atoms with Gasteiger partial charge in [0, 0.05) is 29.6 Å². The molecule has 1 saturated heterocycles. The van der Waals surface area contributed by atoms with E-state index in [2.05, 4.69) is 30.5 Å². The Labute approximate surface area is 91.1 Å². The molecule has 1 N–H and O–H groups in total. The van der Waals surface area contributed by atoms with Crippen molar-refractivity contribution in [2.45, 2.75) is 56.5 Å². The number of hydrogen-bond donors (Lipinski definition) is 1. The average Bonchev–Trinajstić information content (AvgIpc) is 2.57. The highest BCUT2D eigenvalue weighted by molar-refractivity contribution is 8.00. The van der Waals surface area contributed by atoms with Gasteiger partial charge in [-0.3, -0.25) is 4.90 Å². The minimum absolute atomic E-state index is 0.0623. The number of nitrogens with zero attached hydrogens (tertiary/aromatic N) is 1. The van der Waals surface area contributed by atoms with E-state index in [0.717, 1.165) is 18.2 Å². The van der Waals surface area contributed by atoms with Crippen LogP contribution in [0.4, 0.5) is 0 Å². The monoisotopic (exact) mass is 215 g/mol. The minimum atomic E-state index is -0.0623. The van der Waals surface area contributed by atoms with Crippen molar-refractivity contribution in [1.82, 2.24) is 4.90 Å². The largest absolute Gasteiger partial charge is 0.391 e. The lowest BCUT2D eigenvalue weighted by molar-refractivity contribution is 0.0495. The van der Waals surface area contributed by atoms with Crippen LogP contribution in [0.1, 0.15) is 33.1 Å². The second-order valence-electron chi connectivity index (χ2n) is 4.62. The zero-order valence-electron chi connectivity index (χ0n) is 9.15. The molecule has 1 saturated carbocycles. The summed E-state index contributed by atoms with van der Waals surface area (Å²) in [5.41, 5.74) is 0. The van der Waals surface area contributed by atoms with Crippen molar-refractivity contribution in [3.63, 3.8) is 0 Å². The fraction of sp³-hybridized carbons (Fsp3) is 1.00. The molecule has 0 aromatic rings. The standard InChI is InChI=1S/C11H21NOS/c1-8-9(2)14-7-6-12(8)10-4-3-5-11(10)13/h8-11,13H,3-7H2,1-2H3/t8?,9?,10-,11-/m1/s1. The van der Waals surface area contributed by atoms with Crippen LogP contribution in [-0.4, -0.2) is 45.7 Å². The summed E-state index contributed by atoms with van der Waals surface area (Å²) in [6.45, 7) is 5.78. The molecule has 2 nitrogen and oxygen atoms in total. The predicted octanol–water partition coefficient (Wildman–Crippen LogP) is 1.73. The van der Waals surface area contributed by atoms with Crippen LogP contribution in [0.25, 0.3) is 0 Å². The van der Waals surface area contributed by atoms with Crippen molar-refractivity contribution in [2.75, 3.05) is 12.3 Å². The van der Waals surface area contributed by atoms with Crippen LogP contribution < -0.4 is 0 Å². The number of aliphatic hydroxyl groups excluding tert-OH is 1. The molecule has 4 atom stereocenters. The lowest BCUT2D eigenvalue weighted by Crippen LogP contribution is -2.52. The molecule has 2 aliphatic rings. The normalized spacial score (nSPS) is 45.6. The van der Waals surface area contributed by atoms with Gasteiger partial charge in [-0.25, -0.2) is 0 Å². The molecule has 1 heterocycles. The second-order valence-corrected chi connectivity index (χ2v) is 6.11. The molecule has 2 unspecified atom stereocenters. The van der Waals surface area contributed by atoms with Crippen LogP contribution in [-0.2, 0) is 0 Å². The van der Waals surface area contributed by atoms with Crippen molar-refractivity contribution in [1.29, 1.82) is 0 Å². The van der Waals surface area contributed by atoms with E-state index in [1.54, 1.807) is 0 Å². The van der Waals surface area contributed by atoms with Gasteiger partial charge in [0.1, 0.15) is 0 Å². The van der Waals surface area contributed by atoms with Gasteiger partial charge in [-0.1, -0.05) is 6.92 Å². The quantitative estimate of drug-likeness (QED) is 0.720. The Morgan fingerprint density at radius 3 is 2.71 bits per heavy atom. The summed E-state index contributed by atoms with van der Waals surface area (Å²) in [5.74, 6) is 1.23. The molecule has 82 valence electrons. The van der Waals surface area contributed by atoms with E-state index in [-0.39, 0.29) is 6.10 Å². The molecule has 0 amide bonds. The lowest BCUT2D eigenvalue weighted by Gasteiger charge is -2.42. The van der Waals surface area contributed by atoms with Crippen molar-refractivity contribution < 1.29 is 5.11 Å². The fourth-order valence-corrected chi connectivity index (χ4v) is 3.86. The van der Waals surface area contributed by atoms with Gasteiger partial charge >= 0.3 is 0 Å². The molecular weight excluding hydrogens is 194 g/mol. The van der Waals surface area contributed by atoms with E-state index in [0.29, 0.717) is 12.1 Å². The smallest absolute Gasteiger partial charge is 0.0695 e. The predicted molar refractivity (Wildman–Crippen MR) is 61.7 cm³/mol. The second kappa shape index (κ2) is 4.42. The summed E-state index contributed by atoms with van der Waals surface area (Å²) >= 11 is 2.07. The first-order valence-corrected chi connectivity index (χ1v) is 6.80. The Bertz CT molecular complexity index is 200. The third-order valence-corrected chi connectivity index (χ3v) is 5.14. The molecule has 14 heavy (non-hydrogen) atoms. The van der Waals surface area contributed by atoms with Gasteiger partial charge in [-0.05, 0) is 26.2 Å². The van der Waals surface area contributed by atoms with E-state index in [1.807, 2.05) is 0 Å². The molecule has 1 aliphatic carbocycles. The SMILES string of the molecule is CC1SCCN([C@@H]2CCC[C@H]2O)C1C. The van der Waals surface area contributed by atoms with E-state index < -0.39 is 0 Å². The van der Waals surface area contributed by atoms with Crippen LogP contribution in [0.15, 0.2) is 0 Å². The number of hydrogen-bond acceptors (Lipinski definition) is 3. The summed E-state index contributed by atoms with van der Waals surface area (Å²) in [4.78, 5) is 2.54. The molecule has 2 fully saturated rings. The van der Waals surface area contributed by atoms with E-state index in [9.17, 15) is 5.11 Å². The molecule has 3 heteroatoms. The highest BCUT2D eigenvalue weighted by Crippen LogP contribution is 2.32. The maximum absolute atomic E-state index is 9.90. The summed E-state index contributed by atoms with van der Waals surface area (Å²) in [6, 6.07) is 1.08. The first kappa shape index (κ1) is 10.8. The van der Waals surface area contributed by atoms with Crippen LogP contribution in [0, 0.1) is 0 Å². The van der Waals surface area contributed by atoms with Gasteiger partial charge in [0.05, 0.1) is 6.10 Å². The number of rotatable bonds is 1. The van der Waals surface area contributed by atoms with Crippen LogP contribution in [0.2, 0.25) is 0 Å². The van der Waals surface area contributed by atoms with Crippen molar-refractivity contribution in [3.8, 4) is 0 Å². The Hall–Kier alpha value is 0.270. The Morgan fingerprint density at radius 1 is 1.29 bits per heavy atom. The third-order valence-electron chi connectivity index (χ3n) is 3.80. The van der Waals surface area contributed by atoms with Gasteiger partial charge in [0.15, 0.2) is 0 Å². The Balaban J connectivity index is 2.01. The first-order valence-electron chi connectivity index (χ1n) is 5.75. The average molecular weight is 215 g/mol. The molecule has 0 radical (unpaired) electrons. The van der Waals surface area contributed by atoms with Gasteiger partial charge < -0.3 is 5.11 Å². The Kier molecular flexibility index (Phi) is 3.40. The Morgan fingerprint density at radius 2 is 2.07 bits per heavy atom. The summed E-state index contributed by atoms with van der Waals surface area (Å²) in [7, 11) is 0. The molecule has 0 aromatic heterocycles. The molecular formula is C11H21NOS. The fourth-order valence-electron chi connectivity index (χ4n) is 2.73. The molecule has 2 rings (SSSR count). The lowest BCUT2D eigenvalue weighted by atomic mass is 10.1. The van der Waals surface area contributed by atoms with Crippen molar-refractivity contribution in [2.24, 2.45) is 0 Å². The van der Waals surface area contributed by atoms with Crippen LogP contribution >= 0.6 is 11.8 Å². The zero-order valence-corrected chi connectivity index (χ0v) is 9.96. The van der Waals surface area contributed by atoms with Gasteiger partial charge in [-0.15, -0.1) is 0 Å². The maximum Gasteiger partial charge on any atom is 0.0695 e. The molecule has 0 aromatic carbocycles. The maximum atomic E-state index is 9.90. The zero-order chi connectivity index (χ0) is 10.1. The minimum Gasteiger partial charge on any atom is -0.391 e. The van der Waals surface area contributed by atoms with Gasteiger partial charge in [-0.2, -0.15) is 11.8 Å². The van der Waals surface area contributed by atoms with Gasteiger partial charge in [0.25, 0.3) is 0 Å². The van der Waals surface area contributed by atoms with Gasteiger partial charge in [0.2, 0.25) is 0 Å². The highest BCUT2D eigenvalue weighted by Gasteiger charge is 2.36. The van der Waals surface area contributed by atoms with Crippen LogP contribution in [0.3, 0.4) is 0 Å². The third kappa shape index (κ3) is 1.95. The highest BCUT2D eigenvalue weighted by atomic mass is 32.2. The molecule has 0 bridgehead atoms. The van der Waals surface area contributed by atoms with Crippen molar-refractivity contribution >= 4 is 11.8 Å². The van der Waals surface area contributed by atoms with Crippen LogP contribution in [0.5, 0.6) is 0 Å².